The molecule has 3 atom stereocenters. The first kappa shape index (κ1) is 9.59. The van der Waals surface area contributed by atoms with Gasteiger partial charge in [-0.25, -0.2) is 0 Å². The van der Waals surface area contributed by atoms with Crippen LogP contribution in [0.15, 0.2) is 0 Å². The summed E-state index contributed by atoms with van der Waals surface area (Å²) in [6.45, 7) is 2.58. The molecule has 0 spiro atoms. The highest BCUT2D eigenvalue weighted by molar-refractivity contribution is 6.29. The largest absolute Gasteiger partial charge is 0.353 e. The fourth-order valence-corrected chi connectivity index (χ4v) is 1.46. The Labute approximate surface area is 76.8 Å². The number of rotatable bonds is 2. The summed E-state index contributed by atoms with van der Waals surface area (Å²) in [7, 11) is 0. The van der Waals surface area contributed by atoms with E-state index in [-0.39, 0.29) is 11.7 Å². The molecule has 0 bridgehead atoms. The van der Waals surface area contributed by atoms with Crippen molar-refractivity contribution in [1.29, 1.82) is 0 Å². The summed E-state index contributed by atoms with van der Waals surface area (Å²) < 4.78 is 10.5. The number of alkyl halides is 2. The van der Waals surface area contributed by atoms with Crippen LogP contribution in [0.25, 0.3) is 0 Å². The molecule has 0 aromatic rings. The Bertz CT molecular complexity index is 121. The summed E-state index contributed by atoms with van der Waals surface area (Å²) in [5.41, 5.74) is -0.401. The fraction of sp³-hybridized carbons (Fsp3) is 1.00. The Hall–Kier alpha value is 0.500. The smallest absolute Gasteiger partial charge is 0.159 e. The quantitative estimate of drug-likeness (QED) is 0.635. The van der Waals surface area contributed by atoms with Crippen LogP contribution in [-0.2, 0) is 9.47 Å². The van der Waals surface area contributed by atoms with Gasteiger partial charge in [-0.2, -0.15) is 0 Å². The van der Waals surface area contributed by atoms with E-state index in [1.807, 2.05) is 6.92 Å². The van der Waals surface area contributed by atoms with Crippen LogP contribution in [0.5, 0.6) is 0 Å². The van der Waals surface area contributed by atoms with Crippen LogP contribution in [0.1, 0.15) is 19.8 Å². The fourth-order valence-electron chi connectivity index (χ4n) is 1.03. The Kier molecular flexibility index (Phi) is 3.93. The summed E-state index contributed by atoms with van der Waals surface area (Å²) in [6, 6.07) is 0. The second-order valence-electron chi connectivity index (χ2n) is 2.47. The standard InChI is InChI=1S/C7H12Cl2O2/c1-2-10-6-4-3-5(8)7(9)11-6/h5-7H,2-4H2,1H3/t5-,6+,7+/m1/s1. The third kappa shape index (κ3) is 2.79. The van der Waals surface area contributed by atoms with Gasteiger partial charge in [-0.05, 0) is 19.8 Å². The van der Waals surface area contributed by atoms with Gasteiger partial charge in [0, 0.05) is 6.61 Å². The van der Waals surface area contributed by atoms with Gasteiger partial charge in [-0.15, -0.1) is 11.6 Å². The molecule has 0 aromatic carbocycles. The third-order valence-corrected chi connectivity index (χ3v) is 2.58. The molecular weight excluding hydrogens is 187 g/mol. The minimum atomic E-state index is -0.401. The second-order valence-corrected chi connectivity index (χ2v) is 3.46. The Balaban J connectivity index is 2.28. The molecule has 0 saturated carbocycles. The van der Waals surface area contributed by atoms with E-state index in [1.54, 1.807) is 0 Å². The van der Waals surface area contributed by atoms with E-state index in [2.05, 4.69) is 0 Å². The van der Waals surface area contributed by atoms with Crippen molar-refractivity contribution in [2.45, 2.75) is 37.0 Å². The van der Waals surface area contributed by atoms with Crippen molar-refractivity contribution in [1.82, 2.24) is 0 Å². The highest BCUT2D eigenvalue weighted by Gasteiger charge is 2.28. The van der Waals surface area contributed by atoms with Gasteiger partial charge in [-0.1, -0.05) is 11.6 Å². The van der Waals surface area contributed by atoms with E-state index in [0.717, 1.165) is 12.8 Å². The summed E-state index contributed by atoms with van der Waals surface area (Å²) in [5.74, 6) is 0. The predicted octanol–water partition coefficient (Wildman–Crippen LogP) is 2.33. The molecular formula is C7H12Cl2O2. The van der Waals surface area contributed by atoms with E-state index < -0.39 is 5.56 Å². The predicted molar refractivity (Wildman–Crippen MR) is 45.0 cm³/mol. The Morgan fingerprint density at radius 3 is 2.73 bits per heavy atom. The van der Waals surface area contributed by atoms with E-state index in [1.165, 1.54) is 0 Å². The molecule has 0 aromatic heterocycles. The lowest BCUT2D eigenvalue weighted by atomic mass is 10.2. The molecule has 4 heteroatoms. The molecule has 0 aliphatic carbocycles. The molecule has 0 N–H and O–H groups in total. The first-order valence-electron chi connectivity index (χ1n) is 3.79. The molecule has 0 unspecified atom stereocenters. The van der Waals surface area contributed by atoms with Crippen LogP contribution in [0.2, 0.25) is 0 Å². The minimum absolute atomic E-state index is 0.0756. The Morgan fingerprint density at radius 2 is 2.18 bits per heavy atom. The third-order valence-electron chi connectivity index (χ3n) is 1.60. The molecule has 1 saturated heterocycles. The van der Waals surface area contributed by atoms with Gasteiger partial charge in [0.05, 0.1) is 5.38 Å². The van der Waals surface area contributed by atoms with Crippen molar-refractivity contribution < 1.29 is 9.47 Å². The summed E-state index contributed by atoms with van der Waals surface area (Å²) in [5, 5.41) is -0.0756. The minimum Gasteiger partial charge on any atom is -0.353 e. The van der Waals surface area contributed by atoms with Crippen molar-refractivity contribution in [3.8, 4) is 0 Å². The maximum atomic E-state index is 5.82. The maximum Gasteiger partial charge on any atom is 0.159 e. The van der Waals surface area contributed by atoms with E-state index in [0.29, 0.717) is 6.61 Å². The molecule has 0 radical (unpaired) electrons. The lowest BCUT2D eigenvalue weighted by Crippen LogP contribution is -2.33. The molecule has 2 nitrogen and oxygen atoms in total. The van der Waals surface area contributed by atoms with Crippen LogP contribution < -0.4 is 0 Å². The zero-order chi connectivity index (χ0) is 8.27. The topological polar surface area (TPSA) is 18.5 Å². The molecule has 1 aliphatic heterocycles. The number of hydrogen-bond acceptors (Lipinski definition) is 2. The summed E-state index contributed by atoms with van der Waals surface area (Å²) in [6.07, 6.45) is 1.54. The van der Waals surface area contributed by atoms with Gasteiger partial charge in [0.15, 0.2) is 11.9 Å². The molecule has 11 heavy (non-hydrogen) atoms. The van der Waals surface area contributed by atoms with Gasteiger partial charge in [-0.3, -0.25) is 0 Å². The number of halogens is 2. The van der Waals surface area contributed by atoms with Gasteiger partial charge < -0.3 is 9.47 Å². The van der Waals surface area contributed by atoms with Crippen LogP contribution in [-0.4, -0.2) is 23.8 Å². The lowest BCUT2D eigenvalue weighted by Gasteiger charge is -2.29. The molecule has 1 heterocycles. The van der Waals surface area contributed by atoms with E-state index in [4.69, 9.17) is 32.7 Å². The normalized spacial score (nSPS) is 39.0. The maximum absolute atomic E-state index is 5.82. The van der Waals surface area contributed by atoms with Crippen LogP contribution in [0, 0.1) is 0 Å². The first-order valence-corrected chi connectivity index (χ1v) is 4.66. The average Bonchev–Trinajstić information content (AvgIpc) is 1.98. The lowest BCUT2D eigenvalue weighted by molar-refractivity contribution is -0.169. The van der Waals surface area contributed by atoms with Crippen molar-refractivity contribution in [2.75, 3.05) is 6.61 Å². The van der Waals surface area contributed by atoms with Gasteiger partial charge in [0.1, 0.15) is 0 Å². The van der Waals surface area contributed by atoms with E-state index in [9.17, 15) is 0 Å². The second kappa shape index (κ2) is 4.51. The van der Waals surface area contributed by atoms with Crippen molar-refractivity contribution >= 4 is 23.2 Å². The molecule has 0 amide bonds. The summed E-state index contributed by atoms with van der Waals surface area (Å²) >= 11 is 11.6. The van der Waals surface area contributed by atoms with Crippen LogP contribution in [0.3, 0.4) is 0 Å². The van der Waals surface area contributed by atoms with Gasteiger partial charge in [0.25, 0.3) is 0 Å². The highest BCUT2D eigenvalue weighted by Crippen LogP contribution is 2.26. The number of hydrogen-bond donors (Lipinski definition) is 0. The van der Waals surface area contributed by atoms with Gasteiger partial charge >= 0.3 is 0 Å². The molecule has 66 valence electrons. The zero-order valence-corrected chi connectivity index (χ0v) is 7.94. The average molecular weight is 199 g/mol. The molecule has 1 rings (SSSR count). The highest BCUT2D eigenvalue weighted by atomic mass is 35.5. The van der Waals surface area contributed by atoms with Gasteiger partial charge in [0.2, 0.25) is 0 Å². The molecule has 1 aliphatic rings. The van der Waals surface area contributed by atoms with Crippen LogP contribution >= 0.6 is 23.2 Å². The Morgan fingerprint density at radius 1 is 1.45 bits per heavy atom. The zero-order valence-electron chi connectivity index (χ0n) is 6.43. The monoisotopic (exact) mass is 198 g/mol. The van der Waals surface area contributed by atoms with Crippen LogP contribution in [0.4, 0.5) is 0 Å². The van der Waals surface area contributed by atoms with E-state index >= 15 is 0 Å². The van der Waals surface area contributed by atoms with Crippen molar-refractivity contribution in [3.05, 3.63) is 0 Å². The summed E-state index contributed by atoms with van der Waals surface area (Å²) in [4.78, 5) is 0. The SMILES string of the molecule is CCO[C@@H]1CC[C@@H](Cl)[C@@H](Cl)O1. The first-order chi connectivity index (χ1) is 5.24. The molecule has 1 fully saturated rings. The number of ether oxygens (including phenoxy) is 2. The van der Waals surface area contributed by atoms with Crippen molar-refractivity contribution in [2.24, 2.45) is 0 Å². The van der Waals surface area contributed by atoms with Crippen molar-refractivity contribution in [3.63, 3.8) is 0 Å².